The molecular formula is C13H13NO3. The predicted molar refractivity (Wildman–Crippen MR) is 65.8 cm³/mol. The van der Waals surface area contributed by atoms with Crippen molar-refractivity contribution >= 4 is 12.7 Å². The molecule has 2 aromatic rings. The second-order valence-corrected chi connectivity index (χ2v) is 3.50. The molecule has 2 rings (SSSR count). The van der Waals surface area contributed by atoms with Gasteiger partial charge < -0.3 is 9.15 Å². The van der Waals surface area contributed by atoms with E-state index in [0.29, 0.717) is 22.2 Å². The molecule has 88 valence electrons. The number of rotatable bonds is 2. The molecule has 0 radical (unpaired) electrons. The highest BCUT2D eigenvalue weighted by Crippen LogP contribution is 2.13. The molecule has 0 spiro atoms. The van der Waals surface area contributed by atoms with Crippen molar-refractivity contribution in [3.05, 3.63) is 45.6 Å². The van der Waals surface area contributed by atoms with Crippen LogP contribution in [0.2, 0.25) is 0 Å². The predicted octanol–water partition coefficient (Wildman–Crippen LogP) is 0.650. The molecular weight excluding hydrogens is 218 g/mol. The fraction of sp³-hybridized carbons (Fsp3) is 0.154. The molecule has 1 aromatic carbocycles. The number of benzene rings is 1. The number of hydrogen-bond donors (Lipinski definition) is 0. The lowest BCUT2D eigenvalue weighted by Gasteiger charge is -2.03. The van der Waals surface area contributed by atoms with Crippen molar-refractivity contribution in [3.63, 3.8) is 0 Å². The van der Waals surface area contributed by atoms with Crippen molar-refractivity contribution < 1.29 is 9.15 Å². The number of ether oxygens (including phenoxy) is 1. The minimum atomic E-state index is -0.448. The van der Waals surface area contributed by atoms with Crippen LogP contribution in [-0.2, 0) is 0 Å². The highest BCUT2D eigenvalue weighted by atomic mass is 16.5. The summed E-state index contributed by atoms with van der Waals surface area (Å²) in [7, 11) is 1.58. The first-order valence-corrected chi connectivity index (χ1v) is 5.19. The third-order valence-corrected chi connectivity index (χ3v) is 2.51. The van der Waals surface area contributed by atoms with Gasteiger partial charge in [-0.3, -0.25) is 0 Å². The zero-order valence-corrected chi connectivity index (χ0v) is 9.77. The maximum atomic E-state index is 11.7. The summed E-state index contributed by atoms with van der Waals surface area (Å²) in [5.74, 6) is 0.230. The summed E-state index contributed by atoms with van der Waals surface area (Å²) >= 11 is 0. The first-order chi connectivity index (χ1) is 8.17. The van der Waals surface area contributed by atoms with Gasteiger partial charge in [0.05, 0.1) is 18.1 Å². The molecule has 0 aliphatic rings. The molecule has 17 heavy (non-hydrogen) atoms. The Morgan fingerprint density at radius 2 is 2.24 bits per heavy atom. The number of hydrogen-bond acceptors (Lipinski definition) is 3. The van der Waals surface area contributed by atoms with Crippen LogP contribution in [-0.4, -0.2) is 11.7 Å². The highest BCUT2D eigenvalue weighted by Gasteiger charge is 2.06. The van der Waals surface area contributed by atoms with Gasteiger partial charge in [-0.15, -0.1) is 0 Å². The van der Waals surface area contributed by atoms with E-state index in [2.05, 4.69) is 6.58 Å². The van der Waals surface area contributed by atoms with E-state index in [1.165, 1.54) is 4.57 Å². The summed E-state index contributed by atoms with van der Waals surface area (Å²) in [4.78, 5) is 11.7. The molecule has 0 N–H and O–H groups in total. The Labute approximate surface area is 98.1 Å². The van der Waals surface area contributed by atoms with E-state index in [-0.39, 0.29) is 0 Å². The van der Waals surface area contributed by atoms with E-state index in [0.717, 1.165) is 0 Å². The quantitative estimate of drug-likeness (QED) is 0.762. The smallest absolute Gasteiger partial charge is 0.424 e. The van der Waals surface area contributed by atoms with Crippen LogP contribution in [0.15, 0.2) is 33.5 Å². The molecule has 0 saturated carbocycles. The second-order valence-electron chi connectivity index (χ2n) is 3.50. The number of nitrogens with zero attached hydrogens (tertiary/aromatic N) is 1. The van der Waals surface area contributed by atoms with Crippen LogP contribution in [0.5, 0.6) is 5.75 Å². The Balaban J connectivity index is 2.73. The van der Waals surface area contributed by atoms with Crippen LogP contribution in [0.4, 0.5) is 0 Å². The Kier molecular flexibility index (Phi) is 2.87. The van der Waals surface area contributed by atoms with E-state index in [1.807, 2.05) is 12.1 Å². The largest absolute Gasteiger partial charge is 0.497 e. The fourth-order valence-electron chi connectivity index (χ4n) is 1.66. The van der Waals surface area contributed by atoms with Crippen LogP contribution in [0.25, 0.3) is 18.3 Å². The molecule has 0 unspecified atom stereocenters. The van der Waals surface area contributed by atoms with Crippen LogP contribution < -0.4 is 21.3 Å². The van der Waals surface area contributed by atoms with Crippen LogP contribution in [0.3, 0.4) is 0 Å². The average Bonchev–Trinajstić information content (AvgIpc) is 2.64. The lowest BCUT2D eigenvalue weighted by atomic mass is 10.3. The summed E-state index contributed by atoms with van der Waals surface area (Å²) in [6, 6.07) is 7.17. The Morgan fingerprint density at radius 1 is 1.47 bits per heavy atom. The monoisotopic (exact) mass is 231 g/mol. The van der Waals surface area contributed by atoms with Gasteiger partial charge in [-0.1, -0.05) is 12.6 Å². The highest BCUT2D eigenvalue weighted by molar-refractivity contribution is 5.39. The van der Waals surface area contributed by atoms with Crippen LogP contribution in [0, 0.1) is 0 Å². The molecule has 0 atom stereocenters. The Morgan fingerprint density at radius 3 is 2.82 bits per heavy atom. The standard InChI is InChI=1S/C13H13NO3/c1-4-12-9(2)14(13(15)17-12)10-6-5-7-11(8-10)16-3/h4-8H,2H2,1,3H3/b12-4-. The molecule has 0 amide bonds. The first-order valence-electron chi connectivity index (χ1n) is 5.19. The zero-order chi connectivity index (χ0) is 12.4. The summed E-state index contributed by atoms with van der Waals surface area (Å²) in [5, 5.41) is 0.533. The van der Waals surface area contributed by atoms with Gasteiger partial charge in [0.25, 0.3) is 0 Å². The third-order valence-electron chi connectivity index (χ3n) is 2.51. The van der Waals surface area contributed by atoms with E-state index in [9.17, 15) is 4.79 Å². The van der Waals surface area contributed by atoms with Crippen molar-refractivity contribution in [3.8, 4) is 11.4 Å². The van der Waals surface area contributed by atoms with E-state index in [4.69, 9.17) is 9.15 Å². The molecule has 1 aromatic heterocycles. The van der Waals surface area contributed by atoms with Crippen LogP contribution in [0.1, 0.15) is 6.92 Å². The lowest BCUT2D eigenvalue weighted by Crippen LogP contribution is -2.29. The molecule has 0 saturated heterocycles. The first kappa shape index (κ1) is 11.3. The normalized spacial score (nSPS) is 11.8. The van der Waals surface area contributed by atoms with E-state index in [1.54, 1.807) is 32.2 Å². The van der Waals surface area contributed by atoms with Crippen molar-refractivity contribution in [1.82, 2.24) is 4.57 Å². The molecule has 0 fully saturated rings. The Bertz CT molecular complexity index is 694. The van der Waals surface area contributed by atoms with Gasteiger partial charge in [0.2, 0.25) is 0 Å². The minimum absolute atomic E-state index is 0.448. The van der Waals surface area contributed by atoms with Gasteiger partial charge >= 0.3 is 5.76 Å². The van der Waals surface area contributed by atoms with Crippen molar-refractivity contribution in [2.45, 2.75) is 6.92 Å². The molecule has 4 nitrogen and oxygen atoms in total. The van der Waals surface area contributed by atoms with Gasteiger partial charge in [-0.2, -0.15) is 0 Å². The summed E-state index contributed by atoms with van der Waals surface area (Å²) < 4.78 is 11.6. The Hall–Kier alpha value is -2.23. The van der Waals surface area contributed by atoms with Gasteiger partial charge in [-0.25, -0.2) is 9.36 Å². The number of oxazole rings is 1. The minimum Gasteiger partial charge on any atom is -0.497 e. The molecule has 0 bridgehead atoms. The maximum Gasteiger partial charge on any atom is 0.424 e. The van der Waals surface area contributed by atoms with Crippen molar-refractivity contribution in [2.24, 2.45) is 0 Å². The zero-order valence-electron chi connectivity index (χ0n) is 9.77. The van der Waals surface area contributed by atoms with Crippen molar-refractivity contribution in [2.75, 3.05) is 7.11 Å². The number of methoxy groups -OCH3 is 1. The SMILES string of the molecule is C=c1/c(=C/C)oc(=O)n1-c1cccc(OC)c1. The maximum absolute atomic E-state index is 11.7. The third kappa shape index (κ3) is 1.89. The lowest BCUT2D eigenvalue weighted by molar-refractivity contribution is 0.414. The molecule has 0 aliphatic carbocycles. The fourth-order valence-corrected chi connectivity index (χ4v) is 1.66. The summed E-state index contributed by atoms with van der Waals surface area (Å²) in [6.07, 6.45) is 1.71. The van der Waals surface area contributed by atoms with Gasteiger partial charge in [0.1, 0.15) is 5.75 Å². The van der Waals surface area contributed by atoms with Gasteiger partial charge in [0, 0.05) is 6.07 Å². The average molecular weight is 231 g/mol. The molecule has 4 heteroatoms. The molecule has 0 aliphatic heterocycles. The topological polar surface area (TPSA) is 44.4 Å². The van der Waals surface area contributed by atoms with Crippen LogP contribution >= 0.6 is 0 Å². The van der Waals surface area contributed by atoms with Gasteiger partial charge in [-0.05, 0) is 25.1 Å². The summed E-state index contributed by atoms with van der Waals surface area (Å²) in [6.45, 7) is 5.64. The van der Waals surface area contributed by atoms with Gasteiger partial charge in [0.15, 0.2) is 5.42 Å². The molecule has 1 heterocycles. The van der Waals surface area contributed by atoms with E-state index >= 15 is 0 Å². The summed E-state index contributed by atoms with van der Waals surface area (Å²) in [5.41, 5.74) is 1.16. The van der Waals surface area contributed by atoms with E-state index < -0.39 is 5.76 Å². The van der Waals surface area contributed by atoms with Crippen molar-refractivity contribution in [1.29, 1.82) is 0 Å². The number of aromatic nitrogens is 1. The second kappa shape index (κ2) is 4.33.